The van der Waals surface area contributed by atoms with Gasteiger partial charge in [-0.15, -0.1) is 0 Å². The van der Waals surface area contributed by atoms with Crippen LogP contribution >= 0.6 is 0 Å². The van der Waals surface area contributed by atoms with Gasteiger partial charge in [0.05, 0.1) is 12.1 Å². The van der Waals surface area contributed by atoms with Gasteiger partial charge in [0.1, 0.15) is 0 Å². The van der Waals surface area contributed by atoms with Gasteiger partial charge >= 0.3 is 6.18 Å². The molecule has 1 saturated heterocycles. The number of amides is 1. The van der Waals surface area contributed by atoms with E-state index in [2.05, 4.69) is 17.1 Å². The first kappa shape index (κ1) is 20.0. The maximum absolute atomic E-state index is 12.9. The number of halogens is 3. The van der Waals surface area contributed by atoms with Gasteiger partial charge in [-0.2, -0.15) is 13.2 Å². The average Bonchev–Trinajstić information content (AvgIpc) is 2.64. The Kier molecular flexibility index (Phi) is 6.29. The van der Waals surface area contributed by atoms with Gasteiger partial charge in [-0.05, 0) is 49.8 Å². The number of alkyl halides is 3. The number of piperazine rings is 1. The van der Waals surface area contributed by atoms with Gasteiger partial charge in [0, 0.05) is 37.9 Å². The Morgan fingerprint density at radius 2 is 1.78 bits per heavy atom. The molecule has 2 fully saturated rings. The Morgan fingerprint density at radius 3 is 2.41 bits per heavy atom. The molecule has 0 unspecified atom stereocenters. The highest BCUT2D eigenvalue weighted by Gasteiger charge is 2.31. The molecule has 1 amide bonds. The van der Waals surface area contributed by atoms with Crippen LogP contribution in [0.4, 0.5) is 18.9 Å². The van der Waals surface area contributed by atoms with E-state index in [0.29, 0.717) is 44.5 Å². The van der Waals surface area contributed by atoms with Crippen molar-refractivity contribution in [2.75, 3.05) is 37.6 Å². The lowest BCUT2D eigenvalue weighted by Crippen LogP contribution is -2.50. The number of anilines is 1. The fourth-order valence-electron chi connectivity index (χ4n) is 3.92. The number of rotatable bonds is 4. The molecule has 0 spiro atoms. The summed E-state index contributed by atoms with van der Waals surface area (Å²) in [5.74, 6) is 0.809. The molecule has 27 heavy (non-hydrogen) atoms. The predicted octanol–water partition coefficient (Wildman–Crippen LogP) is 3.52. The highest BCUT2D eigenvalue weighted by molar-refractivity contribution is 5.78. The minimum atomic E-state index is -4.33. The molecule has 1 aliphatic carbocycles. The van der Waals surface area contributed by atoms with Gasteiger partial charge in [0.25, 0.3) is 0 Å². The Labute approximate surface area is 158 Å². The van der Waals surface area contributed by atoms with Gasteiger partial charge in [-0.1, -0.05) is 13.0 Å². The van der Waals surface area contributed by atoms with Gasteiger partial charge in [-0.25, -0.2) is 0 Å². The normalized spacial score (nSPS) is 24.7. The number of nitrogens with zero attached hydrogens (tertiary/aromatic N) is 2. The van der Waals surface area contributed by atoms with E-state index in [-0.39, 0.29) is 5.91 Å². The first-order valence-corrected chi connectivity index (χ1v) is 9.75. The van der Waals surface area contributed by atoms with Crippen molar-refractivity contribution in [3.05, 3.63) is 29.8 Å². The molecule has 1 N–H and O–H groups in total. The van der Waals surface area contributed by atoms with Crippen LogP contribution in [-0.2, 0) is 11.0 Å². The zero-order valence-electron chi connectivity index (χ0n) is 15.8. The summed E-state index contributed by atoms with van der Waals surface area (Å²) in [5.41, 5.74) is -0.0335. The van der Waals surface area contributed by atoms with Crippen LogP contribution < -0.4 is 10.2 Å². The van der Waals surface area contributed by atoms with Crippen molar-refractivity contribution in [2.24, 2.45) is 5.92 Å². The van der Waals surface area contributed by atoms with Crippen LogP contribution in [0.2, 0.25) is 0 Å². The fraction of sp³-hybridized carbons (Fsp3) is 0.650. The minimum Gasteiger partial charge on any atom is -0.369 e. The van der Waals surface area contributed by atoms with Crippen molar-refractivity contribution in [3.63, 3.8) is 0 Å². The van der Waals surface area contributed by atoms with E-state index in [9.17, 15) is 18.0 Å². The van der Waals surface area contributed by atoms with Gasteiger partial charge in [-0.3, -0.25) is 9.69 Å². The molecule has 4 nitrogen and oxygen atoms in total. The Hall–Kier alpha value is -1.76. The lowest BCUT2D eigenvalue weighted by Gasteiger charge is -2.36. The molecular formula is C20H28F3N3O. The zero-order chi connectivity index (χ0) is 19.4. The number of carbonyl (C=O) groups is 1. The third-order valence-corrected chi connectivity index (χ3v) is 5.66. The molecule has 1 aliphatic heterocycles. The van der Waals surface area contributed by atoms with Crippen LogP contribution in [0, 0.1) is 5.92 Å². The Morgan fingerprint density at radius 1 is 1.11 bits per heavy atom. The molecule has 3 rings (SSSR count). The Bertz CT molecular complexity index is 634. The van der Waals surface area contributed by atoms with Gasteiger partial charge in [0.2, 0.25) is 5.91 Å². The number of carbonyl (C=O) groups excluding carboxylic acids is 1. The number of nitrogens with one attached hydrogen (secondary N) is 1. The van der Waals surface area contributed by atoms with Crippen LogP contribution in [0.15, 0.2) is 24.3 Å². The first-order valence-electron chi connectivity index (χ1n) is 9.75. The highest BCUT2D eigenvalue weighted by atomic mass is 19.4. The SMILES string of the molecule is CC1CCC(NC(=O)CN2CCN(c3cccc(C(F)(F)F)c3)CC2)CC1. The van der Waals surface area contributed by atoms with Gasteiger partial charge in [0.15, 0.2) is 0 Å². The summed E-state index contributed by atoms with van der Waals surface area (Å²) in [6.07, 6.45) is 0.112. The van der Waals surface area contributed by atoms with Crippen molar-refractivity contribution in [1.29, 1.82) is 0 Å². The second-order valence-corrected chi connectivity index (χ2v) is 7.84. The molecule has 150 valence electrons. The lowest BCUT2D eigenvalue weighted by molar-refractivity contribution is -0.137. The largest absolute Gasteiger partial charge is 0.416 e. The molecule has 1 saturated carbocycles. The molecule has 1 aromatic rings. The van der Waals surface area contributed by atoms with E-state index in [0.717, 1.165) is 24.8 Å². The second kappa shape index (κ2) is 8.50. The third kappa shape index (κ3) is 5.61. The zero-order valence-corrected chi connectivity index (χ0v) is 15.8. The van der Waals surface area contributed by atoms with Crippen molar-refractivity contribution in [1.82, 2.24) is 10.2 Å². The third-order valence-electron chi connectivity index (χ3n) is 5.66. The monoisotopic (exact) mass is 383 g/mol. The molecule has 0 aromatic heterocycles. The van der Waals surface area contributed by atoms with Gasteiger partial charge < -0.3 is 10.2 Å². The van der Waals surface area contributed by atoms with Crippen LogP contribution in [0.3, 0.4) is 0 Å². The van der Waals surface area contributed by atoms with E-state index in [1.54, 1.807) is 6.07 Å². The van der Waals surface area contributed by atoms with Crippen molar-refractivity contribution >= 4 is 11.6 Å². The summed E-state index contributed by atoms with van der Waals surface area (Å²) in [6, 6.07) is 5.74. The average molecular weight is 383 g/mol. The maximum Gasteiger partial charge on any atom is 0.416 e. The quantitative estimate of drug-likeness (QED) is 0.864. The van der Waals surface area contributed by atoms with Crippen LogP contribution in [0.1, 0.15) is 38.2 Å². The summed E-state index contributed by atoms with van der Waals surface area (Å²) in [5, 5.41) is 3.13. The van der Waals surface area contributed by atoms with Crippen molar-refractivity contribution in [3.8, 4) is 0 Å². The number of benzene rings is 1. The first-order chi connectivity index (χ1) is 12.8. The molecule has 7 heteroatoms. The maximum atomic E-state index is 12.9. The molecule has 1 heterocycles. The minimum absolute atomic E-state index is 0.0575. The summed E-state index contributed by atoms with van der Waals surface area (Å²) < 4.78 is 38.6. The topological polar surface area (TPSA) is 35.6 Å². The number of hydrogen-bond donors (Lipinski definition) is 1. The van der Waals surface area contributed by atoms with Crippen molar-refractivity contribution < 1.29 is 18.0 Å². The molecule has 1 aromatic carbocycles. The lowest BCUT2D eigenvalue weighted by atomic mass is 9.87. The van der Waals surface area contributed by atoms with E-state index >= 15 is 0 Å². The summed E-state index contributed by atoms with van der Waals surface area (Å²) in [7, 11) is 0. The molecule has 0 atom stereocenters. The van der Waals surface area contributed by atoms with Crippen molar-refractivity contribution in [2.45, 2.75) is 44.8 Å². The predicted molar refractivity (Wildman–Crippen MR) is 99.7 cm³/mol. The summed E-state index contributed by atoms with van der Waals surface area (Å²) in [4.78, 5) is 16.3. The summed E-state index contributed by atoms with van der Waals surface area (Å²) >= 11 is 0. The van der Waals surface area contributed by atoms with E-state index in [4.69, 9.17) is 0 Å². The molecule has 0 bridgehead atoms. The van der Waals surface area contributed by atoms with Crippen LogP contribution in [-0.4, -0.2) is 49.6 Å². The smallest absolute Gasteiger partial charge is 0.369 e. The van der Waals surface area contributed by atoms with Crippen LogP contribution in [0.25, 0.3) is 0 Å². The summed E-state index contributed by atoms with van der Waals surface area (Å²) in [6.45, 7) is 5.20. The van der Waals surface area contributed by atoms with E-state index in [1.807, 2.05) is 4.90 Å². The highest BCUT2D eigenvalue weighted by Crippen LogP contribution is 2.31. The number of hydrogen-bond acceptors (Lipinski definition) is 3. The van der Waals surface area contributed by atoms with E-state index in [1.165, 1.54) is 25.0 Å². The molecular weight excluding hydrogens is 355 g/mol. The fourth-order valence-corrected chi connectivity index (χ4v) is 3.92. The molecule has 0 radical (unpaired) electrons. The molecule has 2 aliphatic rings. The van der Waals surface area contributed by atoms with E-state index < -0.39 is 11.7 Å². The standard InChI is InChI=1S/C20H28F3N3O/c1-15-5-7-17(8-6-15)24-19(27)14-25-9-11-26(12-10-25)18-4-2-3-16(13-18)20(21,22)23/h2-4,13,15,17H,5-12,14H2,1H3,(H,24,27). The Balaban J connectivity index is 1.46. The van der Waals surface area contributed by atoms with Crippen LogP contribution in [0.5, 0.6) is 0 Å². The second-order valence-electron chi connectivity index (χ2n) is 7.84.